The van der Waals surface area contributed by atoms with Crippen LogP contribution in [-0.4, -0.2) is 39.8 Å². The molecule has 5 heteroatoms. The lowest BCUT2D eigenvalue weighted by Gasteiger charge is -2.30. The van der Waals surface area contributed by atoms with Gasteiger partial charge in [-0.15, -0.1) is 0 Å². The highest BCUT2D eigenvalue weighted by Crippen LogP contribution is 2.39. The van der Waals surface area contributed by atoms with Gasteiger partial charge in [0, 0.05) is 18.4 Å². The van der Waals surface area contributed by atoms with E-state index in [2.05, 4.69) is 5.16 Å². The van der Waals surface area contributed by atoms with Crippen molar-refractivity contribution in [1.29, 1.82) is 0 Å². The molecule has 1 fully saturated rings. The molecule has 0 saturated carbocycles. The maximum atomic E-state index is 12.5. The van der Waals surface area contributed by atoms with Crippen LogP contribution in [0.2, 0.25) is 0 Å². The highest BCUT2D eigenvalue weighted by atomic mass is 16.5. The quantitative estimate of drug-likeness (QED) is 0.906. The fraction of sp³-hybridized carbons (Fsp3) is 0.714. The van der Waals surface area contributed by atoms with E-state index in [-0.39, 0.29) is 11.3 Å². The molecule has 0 aliphatic carbocycles. The first-order valence-corrected chi connectivity index (χ1v) is 6.74. The first kappa shape index (κ1) is 14.1. The van der Waals surface area contributed by atoms with Gasteiger partial charge in [-0.1, -0.05) is 25.9 Å². The van der Waals surface area contributed by atoms with E-state index in [1.807, 2.05) is 20.8 Å². The Bertz CT molecular complexity index is 461. The molecule has 0 spiro atoms. The molecule has 0 bridgehead atoms. The first-order valence-electron chi connectivity index (χ1n) is 6.74. The SMILES string of the molecule is CCCc1oncc1C(=O)N1CC(C)(C)[C@@](C)(O)C1. The second-order valence-corrected chi connectivity index (χ2v) is 6.23. The number of carbonyl (C=O) groups is 1. The Morgan fingerprint density at radius 3 is 2.68 bits per heavy atom. The molecule has 1 aliphatic rings. The van der Waals surface area contributed by atoms with Gasteiger partial charge in [-0.05, 0) is 13.3 Å². The van der Waals surface area contributed by atoms with Crippen LogP contribution < -0.4 is 0 Å². The molecule has 1 saturated heterocycles. The molecule has 0 unspecified atom stereocenters. The van der Waals surface area contributed by atoms with Crippen LogP contribution in [0.1, 0.15) is 50.2 Å². The number of hydrogen-bond acceptors (Lipinski definition) is 4. The van der Waals surface area contributed by atoms with Crippen LogP contribution in [0.15, 0.2) is 10.7 Å². The molecule has 0 aromatic carbocycles. The van der Waals surface area contributed by atoms with Gasteiger partial charge in [0.05, 0.1) is 18.3 Å². The summed E-state index contributed by atoms with van der Waals surface area (Å²) in [6.07, 6.45) is 3.08. The fourth-order valence-corrected chi connectivity index (χ4v) is 2.45. The lowest BCUT2D eigenvalue weighted by Crippen LogP contribution is -2.40. The molecule has 1 amide bonds. The molecule has 2 rings (SSSR count). The van der Waals surface area contributed by atoms with Crippen molar-refractivity contribution in [3.8, 4) is 0 Å². The third-order valence-electron chi connectivity index (χ3n) is 4.18. The monoisotopic (exact) mass is 266 g/mol. The highest BCUT2D eigenvalue weighted by Gasteiger charge is 2.49. The number of aliphatic hydroxyl groups is 1. The summed E-state index contributed by atoms with van der Waals surface area (Å²) in [5, 5.41) is 14.1. The number of likely N-dealkylation sites (tertiary alicyclic amines) is 1. The maximum Gasteiger partial charge on any atom is 0.259 e. The zero-order valence-corrected chi connectivity index (χ0v) is 12.1. The average molecular weight is 266 g/mol. The summed E-state index contributed by atoms with van der Waals surface area (Å²) in [5.74, 6) is 0.535. The largest absolute Gasteiger partial charge is 0.388 e. The van der Waals surface area contributed by atoms with E-state index in [0.29, 0.717) is 30.8 Å². The van der Waals surface area contributed by atoms with Crippen molar-refractivity contribution in [2.24, 2.45) is 5.41 Å². The zero-order chi connectivity index (χ0) is 14.3. The predicted octanol–water partition coefficient (Wildman–Crippen LogP) is 1.86. The minimum absolute atomic E-state index is 0.101. The molecule has 1 aromatic rings. The summed E-state index contributed by atoms with van der Waals surface area (Å²) in [5.41, 5.74) is -0.662. The summed E-state index contributed by atoms with van der Waals surface area (Å²) in [4.78, 5) is 14.2. The van der Waals surface area contributed by atoms with Crippen molar-refractivity contribution in [2.45, 2.75) is 46.1 Å². The maximum absolute atomic E-state index is 12.5. The molecule has 106 valence electrons. The average Bonchev–Trinajstić information content (AvgIpc) is 2.82. The molecule has 1 aromatic heterocycles. The van der Waals surface area contributed by atoms with Crippen molar-refractivity contribution >= 4 is 5.91 Å². The van der Waals surface area contributed by atoms with Gasteiger partial charge >= 0.3 is 0 Å². The van der Waals surface area contributed by atoms with E-state index < -0.39 is 5.60 Å². The van der Waals surface area contributed by atoms with Crippen LogP contribution in [0.5, 0.6) is 0 Å². The van der Waals surface area contributed by atoms with Gasteiger partial charge in [-0.3, -0.25) is 4.79 Å². The number of aromatic nitrogens is 1. The number of nitrogens with zero attached hydrogens (tertiary/aromatic N) is 2. The van der Waals surface area contributed by atoms with Gasteiger partial charge < -0.3 is 14.5 Å². The third-order valence-corrected chi connectivity index (χ3v) is 4.18. The van der Waals surface area contributed by atoms with Crippen molar-refractivity contribution in [3.63, 3.8) is 0 Å². The second kappa shape index (κ2) is 4.63. The van der Waals surface area contributed by atoms with Crippen LogP contribution in [0.25, 0.3) is 0 Å². The summed E-state index contributed by atoms with van der Waals surface area (Å²) >= 11 is 0. The Hall–Kier alpha value is -1.36. The van der Waals surface area contributed by atoms with E-state index in [1.165, 1.54) is 6.20 Å². The first-order chi connectivity index (χ1) is 8.78. The number of aryl methyl sites for hydroxylation is 1. The van der Waals surface area contributed by atoms with E-state index in [0.717, 1.165) is 6.42 Å². The Kier molecular flexibility index (Phi) is 3.43. The van der Waals surface area contributed by atoms with Crippen molar-refractivity contribution < 1.29 is 14.4 Å². The number of β-amino-alcohol motifs (C(OH)–C–C–N with tert-alkyl or cyclic N) is 1. The zero-order valence-electron chi connectivity index (χ0n) is 12.1. The molecule has 0 radical (unpaired) electrons. The molecule has 19 heavy (non-hydrogen) atoms. The van der Waals surface area contributed by atoms with Gasteiger partial charge in [0.2, 0.25) is 0 Å². The lowest BCUT2D eigenvalue weighted by atomic mass is 9.79. The van der Waals surface area contributed by atoms with Crippen LogP contribution in [-0.2, 0) is 6.42 Å². The fourth-order valence-electron chi connectivity index (χ4n) is 2.45. The minimum atomic E-state index is -0.870. The molecule has 5 nitrogen and oxygen atoms in total. The smallest absolute Gasteiger partial charge is 0.259 e. The van der Waals surface area contributed by atoms with Crippen LogP contribution in [0.4, 0.5) is 0 Å². The van der Waals surface area contributed by atoms with Crippen LogP contribution in [0, 0.1) is 5.41 Å². The van der Waals surface area contributed by atoms with E-state index in [1.54, 1.807) is 11.8 Å². The Balaban J connectivity index is 2.20. The van der Waals surface area contributed by atoms with E-state index >= 15 is 0 Å². The highest BCUT2D eigenvalue weighted by molar-refractivity contribution is 5.95. The van der Waals surface area contributed by atoms with Gasteiger partial charge in [0.25, 0.3) is 5.91 Å². The molecule has 2 heterocycles. The molecular weight excluding hydrogens is 244 g/mol. The number of carbonyl (C=O) groups excluding carboxylic acids is 1. The summed E-state index contributed by atoms with van der Waals surface area (Å²) in [6.45, 7) is 8.63. The molecular formula is C14H22N2O3. The predicted molar refractivity (Wildman–Crippen MR) is 70.8 cm³/mol. The molecule has 1 atom stereocenters. The topological polar surface area (TPSA) is 66.6 Å². The Morgan fingerprint density at radius 2 is 2.16 bits per heavy atom. The summed E-state index contributed by atoms with van der Waals surface area (Å²) < 4.78 is 5.13. The van der Waals surface area contributed by atoms with Crippen molar-refractivity contribution in [2.75, 3.05) is 13.1 Å². The van der Waals surface area contributed by atoms with E-state index in [4.69, 9.17) is 4.52 Å². The summed E-state index contributed by atoms with van der Waals surface area (Å²) in [7, 11) is 0. The van der Waals surface area contributed by atoms with E-state index in [9.17, 15) is 9.90 Å². The van der Waals surface area contributed by atoms with Crippen molar-refractivity contribution in [3.05, 3.63) is 17.5 Å². The molecule has 1 N–H and O–H groups in total. The normalized spacial score (nSPS) is 25.8. The van der Waals surface area contributed by atoms with Gasteiger partial charge in [-0.2, -0.15) is 0 Å². The Morgan fingerprint density at radius 1 is 1.47 bits per heavy atom. The Labute approximate surface area is 113 Å². The number of hydrogen-bond donors (Lipinski definition) is 1. The van der Waals surface area contributed by atoms with Crippen LogP contribution >= 0.6 is 0 Å². The third kappa shape index (κ3) is 2.39. The standard InChI is InChI=1S/C14H22N2O3/c1-5-6-11-10(7-15-19-11)12(17)16-8-13(2,3)14(4,18)9-16/h7,18H,5-6,8-9H2,1-4H3/t14-/m0/s1. The number of rotatable bonds is 3. The number of amides is 1. The minimum Gasteiger partial charge on any atom is -0.388 e. The van der Waals surface area contributed by atoms with Gasteiger partial charge in [-0.25, -0.2) is 0 Å². The lowest BCUT2D eigenvalue weighted by molar-refractivity contribution is -0.0108. The van der Waals surface area contributed by atoms with Gasteiger partial charge in [0.15, 0.2) is 0 Å². The second-order valence-electron chi connectivity index (χ2n) is 6.23. The van der Waals surface area contributed by atoms with Crippen molar-refractivity contribution in [1.82, 2.24) is 10.1 Å². The van der Waals surface area contributed by atoms with Crippen LogP contribution in [0.3, 0.4) is 0 Å². The molecule has 1 aliphatic heterocycles. The summed E-state index contributed by atoms with van der Waals surface area (Å²) in [6, 6.07) is 0. The van der Waals surface area contributed by atoms with Gasteiger partial charge in [0.1, 0.15) is 11.3 Å².